The molecule has 18 heavy (non-hydrogen) atoms. The minimum atomic E-state index is -0.329. The Labute approximate surface area is 111 Å². The number of rotatable bonds is 3. The Hall–Kier alpha value is -1.75. The Balaban J connectivity index is 2.87. The summed E-state index contributed by atoms with van der Waals surface area (Å²) in [6.07, 6.45) is 0. The van der Waals surface area contributed by atoms with Gasteiger partial charge in [0.05, 0.1) is 22.8 Å². The van der Waals surface area contributed by atoms with Crippen molar-refractivity contribution in [2.45, 2.75) is 0 Å². The Kier molecular flexibility index (Phi) is 4.55. The van der Waals surface area contributed by atoms with E-state index in [9.17, 15) is 9.59 Å². The number of nitrogens with two attached hydrogens (primary N) is 1. The normalized spacial score (nSPS) is 10.0. The van der Waals surface area contributed by atoms with Crippen molar-refractivity contribution in [2.75, 3.05) is 33.4 Å². The molecule has 0 spiro atoms. The van der Waals surface area contributed by atoms with E-state index in [0.717, 1.165) is 0 Å². The molecule has 0 aromatic heterocycles. The Bertz CT molecular complexity index is 474. The van der Waals surface area contributed by atoms with Crippen LogP contribution in [0.3, 0.4) is 0 Å². The highest BCUT2D eigenvalue weighted by molar-refractivity contribution is 6.33. The molecule has 0 bridgehead atoms. The fourth-order valence-electron chi connectivity index (χ4n) is 1.35. The maximum Gasteiger partial charge on any atom is 0.256 e. The second-order valence-electron chi connectivity index (χ2n) is 4.15. The van der Waals surface area contributed by atoms with Gasteiger partial charge in [0.2, 0.25) is 5.91 Å². The Morgan fingerprint density at radius 3 is 2.44 bits per heavy atom. The second-order valence-corrected chi connectivity index (χ2v) is 4.56. The predicted octanol–water partition coefficient (Wildman–Crippen LogP) is 1.08. The van der Waals surface area contributed by atoms with Crippen LogP contribution in [0.1, 0.15) is 10.4 Å². The molecule has 0 fully saturated rings. The molecule has 1 aromatic carbocycles. The van der Waals surface area contributed by atoms with Crippen molar-refractivity contribution in [3.8, 4) is 0 Å². The molecule has 0 atom stereocenters. The fourth-order valence-corrected chi connectivity index (χ4v) is 1.52. The van der Waals surface area contributed by atoms with Gasteiger partial charge in [0, 0.05) is 21.1 Å². The van der Waals surface area contributed by atoms with Gasteiger partial charge >= 0.3 is 0 Å². The van der Waals surface area contributed by atoms with Gasteiger partial charge in [-0.1, -0.05) is 17.7 Å². The lowest BCUT2D eigenvalue weighted by Crippen LogP contribution is -2.38. The van der Waals surface area contributed by atoms with Crippen molar-refractivity contribution in [3.05, 3.63) is 28.8 Å². The zero-order valence-electron chi connectivity index (χ0n) is 10.6. The molecular weight excluding hydrogens is 254 g/mol. The van der Waals surface area contributed by atoms with Gasteiger partial charge in [0.1, 0.15) is 0 Å². The monoisotopic (exact) mass is 269 g/mol. The van der Waals surface area contributed by atoms with E-state index in [4.69, 9.17) is 17.3 Å². The standard InChI is InChI=1S/C12H16ClN3O2/c1-15(2)10(17)7-16(3)12(18)8-5-4-6-9(13)11(8)14/h4-6H,7,14H2,1-3H3. The summed E-state index contributed by atoms with van der Waals surface area (Å²) in [7, 11) is 4.81. The number of anilines is 1. The van der Waals surface area contributed by atoms with Gasteiger partial charge < -0.3 is 15.5 Å². The van der Waals surface area contributed by atoms with Gasteiger partial charge in [0.15, 0.2) is 0 Å². The lowest BCUT2D eigenvalue weighted by molar-refractivity contribution is -0.129. The number of nitrogens with zero attached hydrogens (tertiary/aromatic N) is 2. The van der Waals surface area contributed by atoms with E-state index in [-0.39, 0.29) is 24.0 Å². The number of benzene rings is 1. The number of hydrogen-bond donors (Lipinski definition) is 1. The van der Waals surface area contributed by atoms with Crippen LogP contribution < -0.4 is 5.73 Å². The number of carbonyl (C=O) groups is 2. The van der Waals surface area contributed by atoms with Crippen LogP contribution >= 0.6 is 11.6 Å². The Morgan fingerprint density at radius 1 is 1.28 bits per heavy atom. The number of hydrogen-bond acceptors (Lipinski definition) is 3. The average Bonchev–Trinajstić information content (AvgIpc) is 2.31. The van der Waals surface area contributed by atoms with Gasteiger partial charge in [-0.3, -0.25) is 9.59 Å². The van der Waals surface area contributed by atoms with E-state index >= 15 is 0 Å². The molecule has 1 rings (SSSR count). The molecule has 1 aromatic rings. The SMILES string of the molecule is CN(C)C(=O)CN(C)C(=O)c1cccc(Cl)c1N. The van der Waals surface area contributed by atoms with E-state index < -0.39 is 0 Å². The molecule has 5 nitrogen and oxygen atoms in total. The minimum absolute atomic E-state index is 0.00220. The molecule has 0 heterocycles. The first-order valence-electron chi connectivity index (χ1n) is 5.34. The molecular formula is C12H16ClN3O2. The predicted molar refractivity (Wildman–Crippen MR) is 71.5 cm³/mol. The highest BCUT2D eigenvalue weighted by atomic mass is 35.5. The van der Waals surface area contributed by atoms with E-state index in [1.165, 1.54) is 9.80 Å². The van der Waals surface area contributed by atoms with Crippen molar-refractivity contribution >= 4 is 29.1 Å². The molecule has 0 unspecified atom stereocenters. The van der Waals surface area contributed by atoms with Crippen LogP contribution in [0.5, 0.6) is 0 Å². The van der Waals surface area contributed by atoms with Crippen LogP contribution in [-0.2, 0) is 4.79 Å². The lowest BCUT2D eigenvalue weighted by Gasteiger charge is -2.20. The second kappa shape index (κ2) is 5.73. The summed E-state index contributed by atoms with van der Waals surface area (Å²) >= 11 is 5.85. The number of amides is 2. The van der Waals surface area contributed by atoms with Crippen LogP contribution in [0.4, 0.5) is 5.69 Å². The van der Waals surface area contributed by atoms with Crippen LogP contribution in [0, 0.1) is 0 Å². The summed E-state index contributed by atoms with van der Waals surface area (Å²) in [6, 6.07) is 4.84. The minimum Gasteiger partial charge on any atom is -0.397 e. The van der Waals surface area contributed by atoms with Crippen LogP contribution in [0.2, 0.25) is 5.02 Å². The first kappa shape index (κ1) is 14.3. The first-order valence-corrected chi connectivity index (χ1v) is 5.72. The number of nitrogen functional groups attached to an aromatic ring is 1. The molecule has 0 radical (unpaired) electrons. The number of halogens is 1. The summed E-state index contributed by atoms with van der Waals surface area (Å²) in [5.74, 6) is -0.489. The third-order valence-corrected chi connectivity index (χ3v) is 2.83. The smallest absolute Gasteiger partial charge is 0.256 e. The van der Waals surface area contributed by atoms with E-state index in [0.29, 0.717) is 10.6 Å². The summed E-state index contributed by atoms with van der Waals surface area (Å²) < 4.78 is 0. The first-order chi connectivity index (χ1) is 8.34. The van der Waals surface area contributed by atoms with Gasteiger partial charge in [0.25, 0.3) is 5.91 Å². The molecule has 2 N–H and O–H groups in total. The van der Waals surface area contributed by atoms with Crippen molar-refractivity contribution in [3.63, 3.8) is 0 Å². The number of para-hydroxylation sites is 1. The summed E-state index contributed by atoms with van der Waals surface area (Å²) in [6.45, 7) is -0.00220. The third-order valence-electron chi connectivity index (χ3n) is 2.50. The largest absolute Gasteiger partial charge is 0.397 e. The zero-order valence-corrected chi connectivity index (χ0v) is 11.4. The quantitative estimate of drug-likeness (QED) is 0.835. The molecule has 0 aliphatic carbocycles. The van der Waals surface area contributed by atoms with E-state index in [1.807, 2.05) is 0 Å². The van der Waals surface area contributed by atoms with Crippen molar-refractivity contribution in [2.24, 2.45) is 0 Å². The number of likely N-dealkylation sites (N-methyl/N-ethyl adjacent to an activating group) is 2. The number of carbonyl (C=O) groups excluding carboxylic acids is 2. The van der Waals surface area contributed by atoms with Gasteiger partial charge in [-0.25, -0.2) is 0 Å². The van der Waals surface area contributed by atoms with Gasteiger partial charge in [-0.05, 0) is 12.1 Å². The van der Waals surface area contributed by atoms with Crippen LogP contribution in [0.15, 0.2) is 18.2 Å². The van der Waals surface area contributed by atoms with Gasteiger partial charge in [-0.15, -0.1) is 0 Å². The molecule has 0 saturated heterocycles. The van der Waals surface area contributed by atoms with Crippen LogP contribution in [0.25, 0.3) is 0 Å². The topological polar surface area (TPSA) is 66.6 Å². The molecule has 98 valence electrons. The zero-order chi connectivity index (χ0) is 13.9. The Morgan fingerprint density at radius 2 is 1.89 bits per heavy atom. The van der Waals surface area contributed by atoms with Crippen molar-refractivity contribution < 1.29 is 9.59 Å². The maximum absolute atomic E-state index is 12.1. The van der Waals surface area contributed by atoms with Crippen LogP contribution in [-0.4, -0.2) is 49.3 Å². The molecule has 0 saturated carbocycles. The molecule has 0 aliphatic heterocycles. The average molecular weight is 270 g/mol. The fraction of sp³-hybridized carbons (Fsp3) is 0.333. The summed E-state index contributed by atoms with van der Waals surface area (Å²) in [5.41, 5.74) is 6.27. The lowest BCUT2D eigenvalue weighted by atomic mass is 10.1. The third kappa shape index (κ3) is 3.13. The maximum atomic E-state index is 12.1. The van der Waals surface area contributed by atoms with E-state index in [1.54, 1.807) is 39.3 Å². The van der Waals surface area contributed by atoms with Crippen molar-refractivity contribution in [1.82, 2.24) is 9.80 Å². The summed E-state index contributed by atoms with van der Waals surface area (Å²) in [5, 5.41) is 0.327. The highest BCUT2D eigenvalue weighted by Crippen LogP contribution is 2.23. The van der Waals surface area contributed by atoms with Gasteiger partial charge in [-0.2, -0.15) is 0 Å². The summed E-state index contributed by atoms with van der Waals surface area (Å²) in [4.78, 5) is 26.3. The van der Waals surface area contributed by atoms with E-state index in [2.05, 4.69) is 0 Å². The molecule has 0 aliphatic rings. The van der Waals surface area contributed by atoms with Crippen molar-refractivity contribution in [1.29, 1.82) is 0 Å². The molecule has 2 amide bonds. The molecule has 6 heteroatoms. The highest BCUT2D eigenvalue weighted by Gasteiger charge is 2.18.